The van der Waals surface area contributed by atoms with E-state index in [-0.39, 0.29) is 24.1 Å². The van der Waals surface area contributed by atoms with Crippen LogP contribution in [0.1, 0.15) is 22.9 Å². The van der Waals surface area contributed by atoms with Crippen molar-refractivity contribution >= 4 is 17.2 Å². The monoisotopic (exact) mass is 326 g/mol. The highest BCUT2D eigenvalue weighted by Gasteiger charge is 2.39. The molecule has 3 unspecified atom stereocenters. The number of thiocarbonyl (C=S) groups is 1. The van der Waals surface area contributed by atoms with Crippen LogP contribution in [-0.2, 0) is 6.42 Å². The molecule has 4 rings (SSSR count). The van der Waals surface area contributed by atoms with Gasteiger partial charge >= 0.3 is 0 Å². The Morgan fingerprint density at radius 2 is 2.04 bits per heavy atom. The summed E-state index contributed by atoms with van der Waals surface area (Å²) in [5, 5.41) is 16.8. The van der Waals surface area contributed by atoms with E-state index in [1.165, 1.54) is 11.1 Å². The van der Waals surface area contributed by atoms with E-state index in [4.69, 9.17) is 17.0 Å². The van der Waals surface area contributed by atoms with Crippen molar-refractivity contribution in [3.8, 4) is 11.5 Å². The maximum Gasteiger partial charge on any atom is 0.161 e. The summed E-state index contributed by atoms with van der Waals surface area (Å²) in [6.07, 6.45) is 0.411. The van der Waals surface area contributed by atoms with Crippen molar-refractivity contribution in [1.82, 2.24) is 10.6 Å². The van der Waals surface area contributed by atoms with Gasteiger partial charge in [-0.25, -0.2) is 0 Å². The fourth-order valence-electron chi connectivity index (χ4n) is 3.28. The summed E-state index contributed by atoms with van der Waals surface area (Å²) in [7, 11) is 0. The number of hydrogen-bond donors (Lipinski definition) is 3. The molecule has 1 saturated heterocycles. The van der Waals surface area contributed by atoms with Crippen LogP contribution in [0.4, 0.5) is 0 Å². The zero-order valence-electron chi connectivity index (χ0n) is 12.7. The van der Waals surface area contributed by atoms with Gasteiger partial charge in [0.25, 0.3) is 0 Å². The molecule has 0 amide bonds. The van der Waals surface area contributed by atoms with Gasteiger partial charge < -0.3 is 15.2 Å². The first kappa shape index (κ1) is 14.5. The molecule has 0 spiro atoms. The van der Waals surface area contributed by atoms with Crippen molar-refractivity contribution in [3.05, 3.63) is 59.2 Å². The van der Waals surface area contributed by atoms with Crippen LogP contribution in [0.3, 0.4) is 0 Å². The zero-order chi connectivity index (χ0) is 16.0. The molecule has 2 aliphatic heterocycles. The van der Waals surface area contributed by atoms with Gasteiger partial charge in [-0.2, -0.15) is 0 Å². The zero-order valence-corrected chi connectivity index (χ0v) is 13.6. The molecular formula is C18H18N2O2S. The first-order chi connectivity index (χ1) is 11.1. The highest BCUT2D eigenvalue weighted by molar-refractivity contribution is 7.80. The maximum atomic E-state index is 10.1. The average Bonchev–Trinajstić information content (AvgIpc) is 2.54. The minimum Gasteiger partial charge on any atom is -0.508 e. The lowest BCUT2D eigenvalue weighted by Gasteiger charge is -2.42. The number of benzene rings is 2. The van der Waals surface area contributed by atoms with E-state index >= 15 is 0 Å². The molecule has 2 aliphatic rings. The summed E-state index contributed by atoms with van der Waals surface area (Å²) >= 11 is 5.57. The smallest absolute Gasteiger partial charge is 0.161 e. The van der Waals surface area contributed by atoms with Gasteiger partial charge in [0.1, 0.15) is 17.7 Å². The number of aryl methyl sites for hydroxylation is 1. The molecule has 2 aromatic rings. The molecule has 23 heavy (non-hydrogen) atoms. The molecule has 2 aromatic carbocycles. The van der Waals surface area contributed by atoms with Crippen molar-refractivity contribution in [2.75, 3.05) is 0 Å². The van der Waals surface area contributed by atoms with Crippen molar-refractivity contribution in [3.63, 3.8) is 0 Å². The topological polar surface area (TPSA) is 53.5 Å². The first-order valence-electron chi connectivity index (χ1n) is 7.72. The Hall–Kier alpha value is -2.11. The standard InChI is InChI=1S/C18H18N2O2S/c1-10-6-7-15-11(8-10)9-13-17(22-15)19-16(20-18(13)23)12-4-2-3-5-14(12)21/h2-8,13,16-17,19,21H,9H2,1H3,(H,20,23). The molecule has 0 aromatic heterocycles. The molecule has 2 heterocycles. The first-order valence-corrected chi connectivity index (χ1v) is 8.13. The second-order valence-electron chi connectivity index (χ2n) is 6.13. The van der Waals surface area contributed by atoms with E-state index in [0.29, 0.717) is 0 Å². The van der Waals surface area contributed by atoms with Crippen LogP contribution in [0.5, 0.6) is 11.5 Å². The quantitative estimate of drug-likeness (QED) is 0.704. The van der Waals surface area contributed by atoms with Gasteiger partial charge in [-0.3, -0.25) is 5.32 Å². The molecule has 5 heteroatoms. The van der Waals surface area contributed by atoms with Crippen LogP contribution in [-0.4, -0.2) is 16.3 Å². The minimum atomic E-state index is -0.253. The van der Waals surface area contributed by atoms with Crippen LogP contribution in [0, 0.1) is 12.8 Å². The van der Waals surface area contributed by atoms with Crippen molar-refractivity contribution in [2.45, 2.75) is 25.7 Å². The van der Waals surface area contributed by atoms with Crippen molar-refractivity contribution in [2.24, 2.45) is 5.92 Å². The fraction of sp³-hybridized carbons (Fsp3) is 0.278. The Labute approximate surface area is 140 Å². The van der Waals surface area contributed by atoms with Gasteiger partial charge in [-0.15, -0.1) is 0 Å². The van der Waals surface area contributed by atoms with Crippen LogP contribution in [0.15, 0.2) is 42.5 Å². The highest BCUT2D eigenvalue weighted by atomic mass is 32.1. The van der Waals surface area contributed by atoms with Gasteiger partial charge in [-0.1, -0.05) is 48.1 Å². The second-order valence-corrected chi connectivity index (χ2v) is 6.57. The predicted molar refractivity (Wildman–Crippen MR) is 92.5 cm³/mol. The van der Waals surface area contributed by atoms with Crippen LogP contribution < -0.4 is 15.4 Å². The molecule has 4 nitrogen and oxygen atoms in total. The van der Waals surface area contributed by atoms with Crippen LogP contribution >= 0.6 is 12.2 Å². The van der Waals surface area contributed by atoms with Gasteiger partial charge in [0.05, 0.1) is 10.9 Å². The summed E-state index contributed by atoms with van der Waals surface area (Å²) in [5.74, 6) is 1.25. The van der Waals surface area contributed by atoms with Gasteiger partial charge in [0.2, 0.25) is 0 Å². The molecule has 0 bridgehead atoms. The molecule has 0 saturated carbocycles. The SMILES string of the molecule is Cc1ccc2c(c1)CC1C(=S)NC(c3ccccc3O)NC1O2. The lowest BCUT2D eigenvalue weighted by molar-refractivity contribution is 0.0801. The third-order valence-electron chi connectivity index (χ3n) is 4.48. The molecule has 0 radical (unpaired) electrons. The molecule has 1 fully saturated rings. The van der Waals surface area contributed by atoms with E-state index in [0.717, 1.165) is 22.7 Å². The number of phenols is 1. The number of aromatic hydroxyl groups is 1. The molecule has 3 N–H and O–H groups in total. The number of ether oxygens (including phenoxy) is 1. The van der Waals surface area contributed by atoms with Gasteiger partial charge in [-0.05, 0) is 31.0 Å². The highest BCUT2D eigenvalue weighted by Crippen LogP contribution is 2.35. The van der Waals surface area contributed by atoms with E-state index in [9.17, 15) is 5.11 Å². The van der Waals surface area contributed by atoms with Crippen LogP contribution in [0.25, 0.3) is 0 Å². The van der Waals surface area contributed by atoms with Gasteiger partial charge in [0, 0.05) is 5.56 Å². The third kappa shape index (κ3) is 2.56. The van der Waals surface area contributed by atoms with Crippen LogP contribution in [0.2, 0.25) is 0 Å². The van der Waals surface area contributed by atoms with E-state index in [1.54, 1.807) is 12.1 Å². The molecule has 118 valence electrons. The summed E-state index contributed by atoms with van der Waals surface area (Å²) in [6, 6.07) is 13.5. The number of hydrogen-bond acceptors (Lipinski definition) is 4. The van der Waals surface area contributed by atoms with E-state index in [1.807, 2.05) is 18.2 Å². The van der Waals surface area contributed by atoms with E-state index in [2.05, 4.69) is 29.7 Å². The Kier molecular flexibility index (Phi) is 3.47. The summed E-state index contributed by atoms with van der Waals surface area (Å²) in [5.41, 5.74) is 3.19. The summed E-state index contributed by atoms with van der Waals surface area (Å²) < 4.78 is 6.13. The fourth-order valence-corrected chi connectivity index (χ4v) is 3.61. The van der Waals surface area contributed by atoms with Crippen molar-refractivity contribution < 1.29 is 9.84 Å². The Balaban J connectivity index is 1.63. The lowest BCUT2D eigenvalue weighted by atomic mass is 9.90. The number of rotatable bonds is 1. The predicted octanol–water partition coefficient (Wildman–Crippen LogP) is 2.80. The van der Waals surface area contributed by atoms with Crippen molar-refractivity contribution in [1.29, 1.82) is 0 Å². The second kappa shape index (κ2) is 5.51. The third-order valence-corrected chi connectivity index (χ3v) is 4.90. The maximum absolute atomic E-state index is 10.1. The molecule has 3 atom stereocenters. The number of para-hydroxylation sites is 1. The lowest BCUT2D eigenvalue weighted by Crippen LogP contribution is -2.60. The van der Waals surface area contributed by atoms with E-state index < -0.39 is 0 Å². The normalized spacial score (nSPS) is 25.8. The average molecular weight is 326 g/mol. The summed E-state index contributed by atoms with van der Waals surface area (Å²) in [4.78, 5) is 0.772. The Morgan fingerprint density at radius 3 is 2.87 bits per heavy atom. The Morgan fingerprint density at radius 1 is 1.22 bits per heavy atom. The molecule has 0 aliphatic carbocycles. The summed E-state index contributed by atoms with van der Waals surface area (Å²) in [6.45, 7) is 2.08. The van der Waals surface area contributed by atoms with Gasteiger partial charge in [0.15, 0.2) is 6.23 Å². The number of phenolic OH excluding ortho intramolecular Hbond substituents is 1. The Bertz CT molecular complexity index is 777. The number of nitrogens with one attached hydrogen (secondary N) is 2. The number of fused-ring (bicyclic) bond motifs is 2. The minimum absolute atomic E-state index is 0.0985. The largest absolute Gasteiger partial charge is 0.508 e. The molecular weight excluding hydrogens is 308 g/mol.